The lowest BCUT2D eigenvalue weighted by molar-refractivity contribution is 0.414. The molecule has 0 aliphatic heterocycles. The second kappa shape index (κ2) is 5.54. The number of hydrogen-bond acceptors (Lipinski definition) is 3. The minimum atomic E-state index is 0.250. The molecule has 1 atom stereocenters. The van der Waals surface area contributed by atoms with Crippen LogP contribution in [0, 0.1) is 6.92 Å². The largest absolute Gasteiger partial charge is 0.497 e. The number of hydrogen-bond donors (Lipinski definition) is 1. The Labute approximate surface area is 108 Å². The fourth-order valence-electron chi connectivity index (χ4n) is 1.89. The van der Waals surface area contributed by atoms with E-state index in [0.717, 1.165) is 11.4 Å². The van der Waals surface area contributed by atoms with E-state index in [1.807, 2.05) is 42.7 Å². The summed E-state index contributed by atoms with van der Waals surface area (Å²) >= 11 is 0. The maximum atomic E-state index is 5.20. The van der Waals surface area contributed by atoms with Gasteiger partial charge in [0.05, 0.1) is 7.11 Å². The normalized spacial score (nSPS) is 11.9. The van der Waals surface area contributed by atoms with Crippen molar-refractivity contribution in [2.75, 3.05) is 12.4 Å². The smallest absolute Gasteiger partial charge is 0.119 e. The van der Waals surface area contributed by atoms with Crippen LogP contribution in [0.2, 0.25) is 0 Å². The van der Waals surface area contributed by atoms with Crippen LogP contribution >= 0.6 is 0 Å². The number of methoxy groups -OCH3 is 1. The van der Waals surface area contributed by atoms with Crippen LogP contribution in [-0.4, -0.2) is 12.1 Å². The first-order chi connectivity index (χ1) is 8.70. The Morgan fingerprint density at radius 3 is 2.50 bits per heavy atom. The topological polar surface area (TPSA) is 34.1 Å². The van der Waals surface area contributed by atoms with E-state index in [4.69, 9.17) is 4.74 Å². The molecule has 1 aromatic carbocycles. The molecule has 0 spiro atoms. The van der Waals surface area contributed by atoms with Gasteiger partial charge in [-0.25, -0.2) is 0 Å². The van der Waals surface area contributed by atoms with Crippen molar-refractivity contribution in [3.05, 3.63) is 53.9 Å². The molecule has 1 heterocycles. The van der Waals surface area contributed by atoms with Crippen LogP contribution in [-0.2, 0) is 0 Å². The molecule has 0 radical (unpaired) electrons. The number of pyridine rings is 1. The van der Waals surface area contributed by atoms with E-state index in [0.29, 0.717) is 0 Å². The maximum absolute atomic E-state index is 5.20. The molecule has 0 saturated carbocycles. The van der Waals surface area contributed by atoms with Crippen LogP contribution in [0.25, 0.3) is 0 Å². The zero-order chi connectivity index (χ0) is 13.0. The molecule has 1 unspecified atom stereocenters. The van der Waals surface area contributed by atoms with Crippen LogP contribution in [0.4, 0.5) is 5.69 Å². The van der Waals surface area contributed by atoms with Crippen molar-refractivity contribution in [1.29, 1.82) is 0 Å². The highest BCUT2D eigenvalue weighted by Gasteiger charge is 2.07. The summed E-state index contributed by atoms with van der Waals surface area (Å²) in [5.41, 5.74) is 3.52. The molecule has 0 bridgehead atoms. The van der Waals surface area contributed by atoms with Gasteiger partial charge < -0.3 is 10.1 Å². The van der Waals surface area contributed by atoms with E-state index in [1.54, 1.807) is 7.11 Å². The van der Waals surface area contributed by atoms with Gasteiger partial charge >= 0.3 is 0 Å². The van der Waals surface area contributed by atoms with Crippen LogP contribution < -0.4 is 10.1 Å². The second-order valence-electron chi connectivity index (χ2n) is 4.33. The van der Waals surface area contributed by atoms with Crippen LogP contribution in [0.15, 0.2) is 42.7 Å². The van der Waals surface area contributed by atoms with E-state index in [9.17, 15) is 0 Å². The Morgan fingerprint density at radius 1 is 1.17 bits per heavy atom. The zero-order valence-corrected chi connectivity index (χ0v) is 11.0. The highest BCUT2D eigenvalue weighted by atomic mass is 16.5. The first kappa shape index (κ1) is 12.4. The lowest BCUT2D eigenvalue weighted by atomic mass is 10.1. The highest BCUT2D eigenvalue weighted by molar-refractivity contribution is 5.54. The third-order valence-electron chi connectivity index (χ3n) is 3.01. The summed E-state index contributed by atoms with van der Waals surface area (Å²) < 4.78 is 5.20. The van der Waals surface area contributed by atoms with E-state index >= 15 is 0 Å². The minimum Gasteiger partial charge on any atom is -0.497 e. The quantitative estimate of drug-likeness (QED) is 0.890. The Kier molecular flexibility index (Phi) is 3.82. The second-order valence-corrected chi connectivity index (χ2v) is 4.33. The molecule has 0 aliphatic carbocycles. The predicted octanol–water partition coefficient (Wildman–Crippen LogP) is 3.57. The Hall–Kier alpha value is -2.03. The minimum absolute atomic E-state index is 0.250. The Bertz CT molecular complexity index is 511. The number of ether oxygens (including phenoxy) is 1. The maximum Gasteiger partial charge on any atom is 0.119 e. The number of rotatable bonds is 4. The molecule has 0 amide bonds. The number of anilines is 1. The molecule has 2 rings (SSSR count). The molecule has 0 fully saturated rings. The van der Waals surface area contributed by atoms with Gasteiger partial charge in [0, 0.05) is 24.1 Å². The molecule has 94 valence electrons. The zero-order valence-electron chi connectivity index (χ0n) is 11.0. The van der Waals surface area contributed by atoms with Crippen molar-refractivity contribution in [1.82, 2.24) is 4.98 Å². The van der Waals surface area contributed by atoms with Gasteiger partial charge in [-0.1, -0.05) is 0 Å². The standard InChI is InChI=1S/C15H18N2O/c1-11-10-14(18-3)4-5-15(11)17-12(2)13-6-8-16-9-7-13/h4-10,12,17H,1-3H3. The lowest BCUT2D eigenvalue weighted by Gasteiger charge is -2.17. The number of nitrogens with zero attached hydrogens (tertiary/aromatic N) is 1. The predicted molar refractivity (Wildman–Crippen MR) is 74.0 cm³/mol. The summed E-state index contributed by atoms with van der Waals surface area (Å²) in [7, 11) is 1.68. The van der Waals surface area contributed by atoms with E-state index in [-0.39, 0.29) is 6.04 Å². The lowest BCUT2D eigenvalue weighted by Crippen LogP contribution is -2.07. The molecule has 1 N–H and O–H groups in total. The molecule has 1 aromatic heterocycles. The first-order valence-corrected chi connectivity index (χ1v) is 6.02. The van der Waals surface area contributed by atoms with Crippen molar-refractivity contribution >= 4 is 5.69 Å². The van der Waals surface area contributed by atoms with Gasteiger partial charge in [-0.3, -0.25) is 4.98 Å². The van der Waals surface area contributed by atoms with Gasteiger partial charge in [-0.2, -0.15) is 0 Å². The van der Waals surface area contributed by atoms with Gasteiger partial charge in [0.2, 0.25) is 0 Å². The van der Waals surface area contributed by atoms with Crippen molar-refractivity contribution in [3.8, 4) is 5.75 Å². The van der Waals surface area contributed by atoms with Gasteiger partial charge in [0.25, 0.3) is 0 Å². The number of benzene rings is 1. The third kappa shape index (κ3) is 2.80. The molecule has 3 nitrogen and oxygen atoms in total. The van der Waals surface area contributed by atoms with E-state index in [1.165, 1.54) is 11.1 Å². The Balaban J connectivity index is 2.14. The van der Waals surface area contributed by atoms with Gasteiger partial charge in [-0.05, 0) is 55.3 Å². The van der Waals surface area contributed by atoms with Gasteiger partial charge in [0.15, 0.2) is 0 Å². The van der Waals surface area contributed by atoms with Crippen molar-refractivity contribution < 1.29 is 4.74 Å². The summed E-state index contributed by atoms with van der Waals surface area (Å²) in [5, 5.41) is 3.49. The van der Waals surface area contributed by atoms with Crippen molar-refractivity contribution in [2.45, 2.75) is 19.9 Å². The highest BCUT2D eigenvalue weighted by Crippen LogP contribution is 2.25. The first-order valence-electron chi connectivity index (χ1n) is 6.02. The average Bonchev–Trinajstić information content (AvgIpc) is 2.42. The van der Waals surface area contributed by atoms with E-state index in [2.05, 4.69) is 24.1 Å². The summed E-state index contributed by atoms with van der Waals surface area (Å²) in [6.07, 6.45) is 3.63. The number of nitrogens with one attached hydrogen (secondary N) is 1. The van der Waals surface area contributed by atoms with Crippen LogP contribution in [0.1, 0.15) is 24.1 Å². The molecular weight excluding hydrogens is 224 g/mol. The average molecular weight is 242 g/mol. The fourth-order valence-corrected chi connectivity index (χ4v) is 1.89. The molecular formula is C15H18N2O. The van der Waals surface area contributed by atoms with Gasteiger partial charge in [-0.15, -0.1) is 0 Å². The molecule has 3 heteroatoms. The SMILES string of the molecule is COc1ccc(NC(C)c2ccncc2)c(C)c1. The summed E-state index contributed by atoms with van der Waals surface area (Å²) in [4.78, 5) is 4.03. The fraction of sp³-hybridized carbons (Fsp3) is 0.267. The monoisotopic (exact) mass is 242 g/mol. The van der Waals surface area contributed by atoms with Gasteiger partial charge in [0.1, 0.15) is 5.75 Å². The summed E-state index contributed by atoms with van der Waals surface area (Å²) in [6.45, 7) is 4.21. The van der Waals surface area contributed by atoms with Crippen LogP contribution in [0.3, 0.4) is 0 Å². The third-order valence-corrected chi connectivity index (χ3v) is 3.01. The van der Waals surface area contributed by atoms with E-state index < -0.39 is 0 Å². The Morgan fingerprint density at radius 2 is 1.89 bits per heavy atom. The molecule has 2 aromatic rings. The van der Waals surface area contributed by atoms with Crippen molar-refractivity contribution in [3.63, 3.8) is 0 Å². The summed E-state index contributed by atoms with van der Waals surface area (Å²) in [6, 6.07) is 10.3. The van der Waals surface area contributed by atoms with Crippen molar-refractivity contribution in [2.24, 2.45) is 0 Å². The molecule has 0 saturated heterocycles. The number of aromatic nitrogens is 1. The molecule has 0 aliphatic rings. The summed E-state index contributed by atoms with van der Waals surface area (Å²) in [5.74, 6) is 0.884. The molecule has 18 heavy (non-hydrogen) atoms. The number of aryl methyl sites for hydroxylation is 1. The van der Waals surface area contributed by atoms with Crippen LogP contribution in [0.5, 0.6) is 5.75 Å².